The van der Waals surface area contributed by atoms with E-state index in [2.05, 4.69) is 172 Å². The van der Waals surface area contributed by atoms with Gasteiger partial charge in [-0.15, -0.1) is 0 Å². The average molecular weight is 530 g/mol. The van der Waals surface area contributed by atoms with Crippen molar-refractivity contribution in [2.24, 2.45) is 0 Å². The van der Waals surface area contributed by atoms with E-state index in [4.69, 9.17) is 0 Å². The van der Waals surface area contributed by atoms with Crippen molar-refractivity contribution in [2.75, 3.05) is 4.90 Å². The first-order valence-corrected chi connectivity index (χ1v) is 14.2. The molecule has 0 aliphatic heterocycles. The minimum absolute atomic E-state index is 0.0768. The summed E-state index contributed by atoms with van der Waals surface area (Å²) in [6.07, 6.45) is 6.31. The molecule has 0 aromatic heterocycles. The van der Waals surface area contributed by atoms with Gasteiger partial charge in [-0.05, 0) is 87.9 Å². The van der Waals surface area contributed by atoms with Gasteiger partial charge in [0.15, 0.2) is 0 Å². The molecule has 200 valence electrons. The number of hydrogen-bond donors (Lipinski definition) is 0. The Morgan fingerprint density at radius 3 is 1.90 bits per heavy atom. The number of fused-ring (bicyclic) bond motifs is 3. The third-order valence-electron chi connectivity index (χ3n) is 8.26. The Kier molecular flexibility index (Phi) is 7.03. The minimum Gasteiger partial charge on any atom is -0.311 e. The standard InChI is InChI=1S/C40H35N/c1-5-33(23-20-29(2)30-14-8-6-9-15-30)41(34-24-21-32(22-25-34)31-16-10-7-11-17-31)35-26-27-37-36-18-12-13-19-38(36)40(3,4)39(37)28-35/h5-28H,1H2,2-4H3/b29-20+,33-23+. The van der Waals surface area contributed by atoms with Crippen molar-refractivity contribution in [3.8, 4) is 22.3 Å². The van der Waals surface area contributed by atoms with Gasteiger partial charge in [-0.1, -0.05) is 130 Å². The first-order chi connectivity index (χ1) is 20.0. The fraction of sp³-hybridized carbons (Fsp3) is 0.100. The predicted octanol–water partition coefficient (Wildman–Crippen LogP) is 11.0. The van der Waals surface area contributed by atoms with Crippen molar-refractivity contribution >= 4 is 16.9 Å². The zero-order valence-electron chi connectivity index (χ0n) is 24.0. The van der Waals surface area contributed by atoms with Gasteiger partial charge in [0.1, 0.15) is 0 Å². The van der Waals surface area contributed by atoms with Crippen molar-refractivity contribution in [1.29, 1.82) is 0 Å². The fourth-order valence-corrected chi connectivity index (χ4v) is 5.95. The van der Waals surface area contributed by atoms with E-state index < -0.39 is 0 Å². The van der Waals surface area contributed by atoms with E-state index in [0.717, 1.165) is 17.1 Å². The monoisotopic (exact) mass is 529 g/mol. The Morgan fingerprint density at radius 2 is 1.20 bits per heavy atom. The zero-order chi connectivity index (χ0) is 28.4. The molecule has 5 aromatic carbocycles. The van der Waals surface area contributed by atoms with E-state index in [0.29, 0.717) is 0 Å². The van der Waals surface area contributed by atoms with Gasteiger partial charge in [0.25, 0.3) is 0 Å². The molecule has 0 fully saturated rings. The second-order valence-electron chi connectivity index (χ2n) is 11.2. The van der Waals surface area contributed by atoms with Crippen LogP contribution in [-0.4, -0.2) is 0 Å². The van der Waals surface area contributed by atoms with Gasteiger partial charge in [0, 0.05) is 22.5 Å². The van der Waals surface area contributed by atoms with Crippen LogP contribution in [0.3, 0.4) is 0 Å². The summed E-state index contributed by atoms with van der Waals surface area (Å²) in [5.41, 5.74) is 13.4. The van der Waals surface area contributed by atoms with Crippen LogP contribution in [0.1, 0.15) is 37.5 Å². The molecule has 0 spiro atoms. The maximum absolute atomic E-state index is 4.24. The van der Waals surface area contributed by atoms with Gasteiger partial charge in [-0.2, -0.15) is 0 Å². The lowest BCUT2D eigenvalue weighted by atomic mass is 9.82. The molecule has 1 aliphatic carbocycles. The highest BCUT2D eigenvalue weighted by molar-refractivity contribution is 5.84. The Bertz CT molecular complexity index is 1750. The lowest BCUT2D eigenvalue weighted by Gasteiger charge is -2.29. The molecule has 0 bridgehead atoms. The minimum atomic E-state index is -0.0768. The maximum Gasteiger partial charge on any atom is 0.0465 e. The second kappa shape index (κ2) is 10.9. The molecule has 41 heavy (non-hydrogen) atoms. The van der Waals surface area contributed by atoms with Crippen LogP contribution in [0, 0.1) is 0 Å². The van der Waals surface area contributed by atoms with E-state index >= 15 is 0 Å². The number of anilines is 2. The molecule has 0 heterocycles. The van der Waals surface area contributed by atoms with Crippen LogP contribution < -0.4 is 4.90 Å². The SMILES string of the molecule is C=C/C(=C\C=C(/C)c1ccccc1)N(c1ccc(-c2ccccc2)cc1)c1ccc2c(c1)C(C)(C)c1ccccc1-2. The Balaban J connectivity index is 1.47. The van der Waals surface area contributed by atoms with Crippen LogP contribution in [0.25, 0.3) is 27.8 Å². The van der Waals surface area contributed by atoms with Gasteiger partial charge < -0.3 is 4.90 Å². The van der Waals surface area contributed by atoms with Gasteiger partial charge >= 0.3 is 0 Å². The molecule has 0 saturated heterocycles. The molecular weight excluding hydrogens is 494 g/mol. The summed E-state index contributed by atoms with van der Waals surface area (Å²) >= 11 is 0. The normalized spacial score (nSPS) is 13.8. The third kappa shape index (κ3) is 4.96. The van der Waals surface area contributed by atoms with Crippen molar-refractivity contribution < 1.29 is 0 Å². The highest BCUT2D eigenvalue weighted by Gasteiger charge is 2.35. The first-order valence-electron chi connectivity index (χ1n) is 14.2. The first kappa shape index (κ1) is 26.3. The number of benzene rings is 5. The molecule has 0 unspecified atom stereocenters. The van der Waals surface area contributed by atoms with Crippen LogP contribution in [0.15, 0.2) is 158 Å². The molecule has 1 aliphatic rings. The maximum atomic E-state index is 4.24. The van der Waals surface area contributed by atoms with Crippen LogP contribution >= 0.6 is 0 Å². The van der Waals surface area contributed by atoms with Crippen LogP contribution in [0.4, 0.5) is 11.4 Å². The Morgan fingerprint density at radius 1 is 0.610 bits per heavy atom. The number of allylic oxidation sites excluding steroid dienone is 4. The van der Waals surface area contributed by atoms with Gasteiger partial charge in [-0.25, -0.2) is 0 Å². The molecule has 5 aromatic rings. The lowest BCUT2D eigenvalue weighted by Crippen LogP contribution is -2.18. The Hall–Kier alpha value is -4.88. The molecule has 6 rings (SSSR count). The summed E-state index contributed by atoms with van der Waals surface area (Å²) in [6, 6.07) is 45.5. The molecule has 1 heteroatoms. The molecule has 0 saturated carbocycles. The van der Waals surface area contributed by atoms with Gasteiger partial charge in [0.2, 0.25) is 0 Å². The summed E-state index contributed by atoms with van der Waals surface area (Å²) in [7, 11) is 0. The summed E-state index contributed by atoms with van der Waals surface area (Å²) in [4.78, 5) is 2.32. The predicted molar refractivity (Wildman–Crippen MR) is 176 cm³/mol. The summed E-state index contributed by atoms with van der Waals surface area (Å²) in [6.45, 7) is 11.1. The Labute approximate surface area is 244 Å². The summed E-state index contributed by atoms with van der Waals surface area (Å²) in [5, 5.41) is 0. The number of rotatable bonds is 7. The van der Waals surface area contributed by atoms with Crippen LogP contribution in [-0.2, 0) is 5.41 Å². The van der Waals surface area contributed by atoms with E-state index in [-0.39, 0.29) is 5.41 Å². The van der Waals surface area contributed by atoms with Crippen LogP contribution in [0.2, 0.25) is 0 Å². The largest absolute Gasteiger partial charge is 0.311 e. The van der Waals surface area contributed by atoms with Crippen LogP contribution in [0.5, 0.6) is 0 Å². The van der Waals surface area contributed by atoms with E-state index in [1.807, 2.05) is 6.08 Å². The summed E-state index contributed by atoms with van der Waals surface area (Å²) in [5.74, 6) is 0. The van der Waals surface area contributed by atoms with E-state index in [1.165, 1.54) is 44.5 Å². The highest BCUT2D eigenvalue weighted by atomic mass is 15.1. The quantitative estimate of drug-likeness (QED) is 0.190. The van der Waals surface area contributed by atoms with Crippen molar-refractivity contribution in [3.05, 3.63) is 175 Å². The number of hydrogen-bond acceptors (Lipinski definition) is 1. The zero-order valence-corrected chi connectivity index (χ0v) is 24.0. The molecule has 1 nitrogen and oxygen atoms in total. The van der Waals surface area contributed by atoms with E-state index in [9.17, 15) is 0 Å². The smallest absolute Gasteiger partial charge is 0.0465 e. The average Bonchev–Trinajstić information content (AvgIpc) is 3.26. The molecule has 0 N–H and O–H groups in total. The fourth-order valence-electron chi connectivity index (χ4n) is 5.95. The molecule has 0 amide bonds. The number of nitrogens with zero attached hydrogens (tertiary/aromatic N) is 1. The van der Waals surface area contributed by atoms with Gasteiger partial charge in [-0.3, -0.25) is 0 Å². The topological polar surface area (TPSA) is 3.24 Å². The highest BCUT2D eigenvalue weighted by Crippen LogP contribution is 2.50. The molecular formula is C40H35N. The third-order valence-corrected chi connectivity index (χ3v) is 8.26. The van der Waals surface area contributed by atoms with E-state index in [1.54, 1.807) is 0 Å². The van der Waals surface area contributed by atoms with Crippen molar-refractivity contribution in [2.45, 2.75) is 26.2 Å². The lowest BCUT2D eigenvalue weighted by molar-refractivity contribution is 0.660. The molecule has 0 atom stereocenters. The summed E-state index contributed by atoms with van der Waals surface area (Å²) < 4.78 is 0. The van der Waals surface area contributed by atoms with Gasteiger partial charge in [0.05, 0.1) is 0 Å². The molecule has 0 radical (unpaired) electrons. The second-order valence-corrected chi connectivity index (χ2v) is 11.2. The van der Waals surface area contributed by atoms with Crippen molar-refractivity contribution in [3.63, 3.8) is 0 Å². The van der Waals surface area contributed by atoms with Crippen molar-refractivity contribution in [1.82, 2.24) is 0 Å².